The lowest BCUT2D eigenvalue weighted by atomic mass is 10.1. The number of aromatic nitrogens is 1. The standard InChI is InChI=1S/C14H16N2OS/c1-9(2)13(17)12-8-15-14(18-12)16-11-6-4-5-10(3)7-11/h4-9H,1-3H3,(H,15,16). The number of thiazole rings is 1. The average Bonchev–Trinajstić information content (AvgIpc) is 2.76. The van der Waals surface area contributed by atoms with Crippen molar-refractivity contribution in [3.8, 4) is 0 Å². The fourth-order valence-electron chi connectivity index (χ4n) is 1.58. The zero-order valence-electron chi connectivity index (χ0n) is 10.7. The third-order valence-corrected chi connectivity index (χ3v) is 3.47. The summed E-state index contributed by atoms with van der Waals surface area (Å²) in [5.74, 6) is 0.155. The van der Waals surface area contributed by atoms with Gasteiger partial charge >= 0.3 is 0 Å². The lowest BCUT2D eigenvalue weighted by Gasteiger charge is -2.03. The Bertz CT molecular complexity index is 560. The molecule has 2 rings (SSSR count). The number of aryl methyl sites for hydroxylation is 1. The predicted octanol–water partition coefficient (Wildman–Crippen LogP) is 4.03. The number of benzene rings is 1. The van der Waals surface area contributed by atoms with E-state index in [1.807, 2.05) is 45.0 Å². The van der Waals surface area contributed by atoms with Crippen LogP contribution in [0.25, 0.3) is 0 Å². The Kier molecular flexibility index (Phi) is 3.77. The fraction of sp³-hybridized carbons (Fsp3) is 0.286. The minimum absolute atomic E-state index is 0.0114. The van der Waals surface area contributed by atoms with E-state index in [2.05, 4.69) is 10.3 Å². The predicted molar refractivity (Wildman–Crippen MR) is 75.7 cm³/mol. The maximum absolute atomic E-state index is 11.8. The van der Waals surface area contributed by atoms with Gasteiger partial charge in [-0.15, -0.1) is 0 Å². The average molecular weight is 260 g/mol. The quantitative estimate of drug-likeness (QED) is 0.844. The normalized spacial score (nSPS) is 10.7. The van der Waals surface area contributed by atoms with Crippen LogP contribution in [0.15, 0.2) is 30.5 Å². The van der Waals surface area contributed by atoms with Crippen LogP contribution in [0.5, 0.6) is 0 Å². The Labute approximate surface area is 111 Å². The number of nitrogens with zero attached hydrogens (tertiary/aromatic N) is 1. The van der Waals surface area contributed by atoms with Gasteiger partial charge in [0.2, 0.25) is 0 Å². The van der Waals surface area contributed by atoms with Crippen LogP contribution in [0.1, 0.15) is 29.1 Å². The highest BCUT2D eigenvalue weighted by Crippen LogP contribution is 2.24. The Balaban J connectivity index is 2.14. The SMILES string of the molecule is Cc1cccc(Nc2ncc(C(=O)C(C)C)s2)c1. The Hall–Kier alpha value is -1.68. The zero-order valence-corrected chi connectivity index (χ0v) is 11.5. The first-order valence-electron chi connectivity index (χ1n) is 5.90. The molecule has 0 radical (unpaired) electrons. The molecule has 18 heavy (non-hydrogen) atoms. The minimum atomic E-state index is 0.0114. The lowest BCUT2D eigenvalue weighted by Crippen LogP contribution is -2.04. The summed E-state index contributed by atoms with van der Waals surface area (Å²) >= 11 is 1.40. The first-order valence-corrected chi connectivity index (χ1v) is 6.71. The van der Waals surface area contributed by atoms with E-state index in [9.17, 15) is 4.79 Å². The van der Waals surface area contributed by atoms with Crippen LogP contribution < -0.4 is 5.32 Å². The molecule has 0 amide bonds. The Morgan fingerprint density at radius 2 is 2.17 bits per heavy atom. The molecule has 4 heteroatoms. The second kappa shape index (κ2) is 5.31. The smallest absolute Gasteiger partial charge is 0.187 e. The molecule has 0 aliphatic carbocycles. The van der Waals surface area contributed by atoms with E-state index in [0.717, 1.165) is 10.8 Å². The van der Waals surface area contributed by atoms with Gasteiger partial charge in [0.05, 0.1) is 11.1 Å². The summed E-state index contributed by atoms with van der Waals surface area (Å²) in [6.07, 6.45) is 1.64. The summed E-state index contributed by atoms with van der Waals surface area (Å²) in [4.78, 5) is 16.7. The fourth-order valence-corrected chi connectivity index (χ4v) is 2.50. The lowest BCUT2D eigenvalue weighted by molar-refractivity contribution is 0.0943. The van der Waals surface area contributed by atoms with E-state index in [0.29, 0.717) is 4.88 Å². The number of nitrogens with one attached hydrogen (secondary N) is 1. The highest BCUT2D eigenvalue weighted by Gasteiger charge is 2.14. The number of rotatable bonds is 4. The third kappa shape index (κ3) is 2.96. The van der Waals surface area contributed by atoms with Crippen LogP contribution in [0.3, 0.4) is 0 Å². The number of carbonyl (C=O) groups excluding carboxylic acids is 1. The molecule has 94 valence electrons. The van der Waals surface area contributed by atoms with Crippen LogP contribution >= 0.6 is 11.3 Å². The molecule has 0 aliphatic rings. The molecular weight excluding hydrogens is 244 g/mol. The van der Waals surface area contributed by atoms with Crippen molar-refractivity contribution in [2.75, 3.05) is 5.32 Å². The first-order chi connectivity index (χ1) is 8.56. The second-order valence-corrected chi connectivity index (χ2v) is 5.57. The summed E-state index contributed by atoms with van der Waals surface area (Å²) in [6, 6.07) is 8.07. The zero-order chi connectivity index (χ0) is 13.1. The van der Waals surface area contributed by atoms with Crippen LogP contribution in [-0.4, -0.2) is 10.8 Å². The molecule has 0 spiro atoms. The molecule has 0 unspecified atom stereocenters. The van der Waals surface area contributed by atoms with Crippen LogP contribution in [-0.2, 0) is 0 Å². The van der Waals surface area contributed by atoms with E-state index in [-0.39, 0.29) is 11.7 Å². The maximum atomic E-state index is 11.8. The molecule has 1 aromatic heterocycles. The van der Waals surface area contributed by atoms with Crippen molar-refractivity contribution in [3.63, 3.8) is 0 Å². The molecular formula is C14H16N2OS. The number of hydrogen-bond donors (Lipinski definition) is 1. The van der Waals surface area contributed by atoms with Gasteiger partial charge in [-0.05, 0) is 24.6 Å². The molecule has 1 aromatic carbocycles. The first kappa shape index (κ1) is 12.8. The number of carbonyl (C=O) groups is 1. The number of Topliss-reactive ketones (excluding diaryl/α,β-unsaturated/α-hetero) is 1. The van der Waals surface area contributed by atoms with Crippen molar-refractivity contribution in [2.24, 2.45) is 5.92 Å². The van der Waals surface area contributed by atoms with Gasteiger partial charge in [-0.2, -0.15) is 0 Å². The van der Waals surface area contributed by atoms with Gasteiger partial charge in [0.15, 0.2) is 10.9 Å². The van der Waals surface area contributed by atoms with Crippen molar-refractivity contribution < 1.29 is 4.79 Å². The highest BCUT2D eigenvalue weighted by molar-refractivity contribution is 7.17. The van der Waals surface area contributed by atoms with Gasteiger partial charge in [0, 0.05) is 11.6 Å². The van der Waals surface area contributed by atoms with Crippen molar-refractivity contribution >= 4 is 27.9 Å². The van der Waals surface area contributed by atoms with E-state index in [1.54, 1.807) is 6.20 Å². The second-order valence-electron chi connectivity index (χ2n) is 4.54. The number of ketones is 1. The van der Waals surface area contributed by atoms with Crippen molar-refractivity contribution in [3.05, 3.63) is 40.9 Å². The van der Waals surface area contributed by atoms with Crippen LogP contribution in [0, 0.1) is 12.8 Å². The Morgan fingerprint density at radius 1 is 1.39 bits per heavy atom. The summed E-state index contributed by atoms with van der Waals surface area (Å²) in [7, 11) is 0. The molecule has 0 atom stereocenters. The maximum Gasteiger partial charge on any atom is 0.187 e. The van der Waals surface area contributed by atoms with Crippen molar-refractivity contribution in [1.82, 2.24) is 4.98 Å². The van der Waals surface area contributed by atoms with Crippen molar-refractivity contribution in [1.29, 1.82) is 0 Å². The molecule has 0 saturated heterocycles. The molecule has 0 fully saturated rings. The molecule has 1 N–H and O–H groups in total. The summed E-state index contributed by atoms with van der Waals surface area (Å²) in [5, 5.41) is 3.97. The molecule has 0 bridgehead atoms. The van der Waals surface area contributed by atoms with Crippen molar-refractivity contribution in [2.45, 2.75) is 20.8 Å². The van der Waals surface area contributed by atoms with Gasteiger partial charge in [-0.3, -0.25) is 4.79 Å². The summed E-state index contributed by atoms with van der Waals surface area (Å²) < 4.78 is 0. The molecule has 3 nitrogen and oxygen atoms in total. The molecule has 0 aliphatic heterocycles. The van der Waals surface area contributed by atoms with Gasteiger partial charge in [-0.1, -0.05) is 37.3 Å². The minimum Gasteiger partial charge on any atom is -0.332 e. The van der Waals surface area contributed by atoms with Crippen LogP contribution in [0.4, 0.5) is 10.8 Å². The van der Waals surface area contributed by atoms with Crippen LogP contribution in [0.2, 0.25) is 0 Å². The van der Waals surface area contributed by atoms with E-state index >= 15 is 0 Å². The third-order valence-electron chi connectivity index (χ3n) is 2.54. The molecule has 2 aromatic rings. The molecule has 1 heterocycles. The van der Waals surface area contributed by atoms with E-state index in [4.69, 9.17) is 0 Å². The molecule has 0 saturated carbocycles. The highest BCUT2D eigenvalue weighted by atomic mass is 32.1. The topological polar surface area (TPSA) is 42.0 Å². The monoisotopic (exact) mass is 260 g/mol. The summed E-state index contributed by atoms with van der Waals surface area (Å²) in [5.41, 5.74) is 2.18. The van der Waals surface area contributed by atoms with E-state index in [1.165, 1.54) is 16.9 Å². The number of hydrogen-bond acceptors (Lipinski definition) is 4. The van der Waals surface area contributed by atoms with Gasteiger partial charge < -0.3 is 5.32 Å². The Morgan fingerprint density at radius 3 is 2.83 bits per heavy atom. The summed E-state index contributed by atoms with van der Waals surface area (Å²) in [6.45, 7) is 5.84. The largest absolute Gasteiger partial charge is 0.332 e. The van der Waals surface area contributed by atoms with Gasteiger partial charge in [-0.25, -0.2) is 4.98 Å². The van der Waals surface area contributed by atoms with E-state index < -0.39 is 0 Å². The number of anilines is 2. The van der Waals surface area contributed by atoms with Gasteiger partial charge in [0.25, 0.3) is 0 Å². The van der Waals surface area contributed by atoms with Gasteiger partial charge in [0.1, 0.15) is 0 Å².